The molecule has 6 nitrogen and oxygen atoms in total. The van der Waals surface area contributed by atoms with Crippen molar-refractivity contribution in [2.24, 2.45) is 0 Å². The first kappa shape index (κ1) is 16.9. The van der Waals surface area contributed by atoms with Gasteiger partial charge >= 0.3 is 0 Å². The summed E-state index contributed by atoms with van der Waals surface area (Å²) in [6, 6.07) is 8.14. The SMILES string of the molecule is Cc1ccc(-c2ccc(=O)[nH]n2)cc1S(=O)(=O)NC1CCCCC1. The summed E-state index contributed by atoms with van der Waals surface area (Å²) in [7, 11) is -3.58. The Balaban J connectivity index is 1.93. The van der Waals surface area contributed by atoms with E-state index in [0.29, 0.717) is 16.8 Å². The molecular weight excluding hydrogens is 326 g/mol. The molecule has 1 saturated carbocycles. The highest BCUT2D eigenvalue weighted by Gasteiger charge is 2.23. The van der Waals surface area contributed by atoms with Gasteiger partial charge in [-0.15, -0.1) is 0 Å². The second-order valence-electron chi connectivity index (χ2n) is 6.24. The van der Waals surface area contributed by atoms with Crippen molar-refractivity contribution in [3.05, 3.63) is 46.2 Å². The molecule has 0 saturated heterocycles. The van der Waals surface area contributed by atoms with E-state index in [1.54, 1.807) is 31.2 Å². The van der Waals surface area contributed by atoms with E-state index >= 15 is 0 Å². The topological polar surface area (TPSA) is 91.9 Å². The highest BCUT2D eigenvalue weighted by atomic mass is 32.2. The van der Waals surface area contributed by atoms with Gasteiger partial charge in [-0.25, -0.2) is 18.2 Å². The minimum Gasteiger partial charge on any atom is -0.268 e. The summed E-state index contributed by atoms with van der Waals surface area (Å²) in [6.07, 6.45) is 5.07. The zero-order valence-corrected chi connectivity index (χ0v) is 14.4. The van der Waals surface area contributed by atoms with Crippen LogP contribution in [0.1, 0.15) is 37.7 Å². The fourth-order valence-electron chi connectivity index (χ4n) is 3.06. The van der Waals surface area contributed by atoms with E-state index in [1.807, 2.05) is 0 Å². The first-order chi connectivity index (χ1) is 11.5. The fraction of sp³-hybridized carbons (Fsp3) is 0.412. The van der Waals surface area contributed by atoms with Gasteiger partial charge in [-0.05, 0) is 37.5 Å². The summed E-state index contributed by atoms with van der Waals surface area (Å²) in [6.45, 7) is 1.78. The van der Waals surface area contributed by atoms with Gasteiger partial charge in [0.1, 0.15) is 0 Å². The van der Waals surface area contributed by atoms with E-state index in [4.69, 9.17) is 0 Å². The fourth-order valence-corrected chi connectivity index (χ4v) is 4.63. The molecule has 1 aromatic heterocycles. The van der Waals surface area contributed by atoms with Crippen LogP contribution in [0.2, 0.25) is 0 Å². The van der Waals surface area contributed by atoms with Crippen LogP contribution in [0.15, 0.2) is 40.0 Å². The largest absolute Gasteiger partial charge is 0.268 e. The number of hydrogen-bond acceptors (Lipinski definition) is 4. The Morgan fingerprint density at radius 2 is 1.88 bits per heavy atom. The Labute approximate surface area is 141 Å². The number of nitrogens with zero attached hydrogens (tertiary/aromatic N) is 1. The van der Waals surface area contributed by atoms with Crippen molar-refractivity contribution in [3.63, 3.8) is 0 Å². The summed E-state index contributed by atoms with van der Waals surface area (Å²) in [5, 5.41) is 6.33. The number of aromatic amines is 1. The zero-order valence-electron chi connectivity index (χ0n) is 13.6. The molecule has 2 aromatic rings. The predicted molar refractivity (Wildman–Crippen MR) is 92.2 cm³/mol. The van der Waals surface area contributed by atoms with Gasteiger partial charge in [0, 0.05) is 17.7 Å². The van der Waals surface area contributed by atoms with Crippen LogP contribution in [0.4, 0.5) is 0 Å². The number of nitrogens with one attached hydrogen (secondary N) is 2. The molecule has 1 aromatic carbocycles. The molecule has 1 aliphatic rings. The molecule has 1 heterocycles. The second kappa shape index (κ2) is 6.86. The van der Waals surface area contributed by atoms with Crippen LogP contribution < -0.4 is 10.3 Å². The average molecular weight is 347 g/mol. The minimum atomic E-state index is -3.58. The molecule has 0 amide bonds. The van der Waals surface area contributed by atoms with Crippen molar-refractivity contribution in [3.8, 4) is 11.3 Å². The summed E-state index contributed by atoms with van der Waals surface area (Å²) < 4.78 is 28.4. The van der Waals surface area contributed by atoms with Crippen LogP contribution >= 0.6 is 0 Å². The zero-order chi connectivity index (χ0) is 17.2. The van der Waals surface area contributed by atoms with Crippen molar-refractivity contribution in [2.45, 2.75) is 50.0 Å². The summed E-state index contributed by atoms with van der Waals surface area (Å²) in [5.74, 6) is 0. The third kappa shape index (κ3) is 3.73. The molecule has 0 atom stereocenters. The van der Waals surface area contributed by atoms with Crippen LogP contribution in [0, 0.1) is 6.92 Å². The van der Waals surface area contributed by atoms with Crippen LogP contribution in [0.25, 0.3) is 11.3 Å². The highest BCUT2D eigenvalue weighted by Crippen LogP contribution is 2.25. The van der Waals surface area contributed by atoms with E-state index in [2.05, 4.69) is 14.9 Å². The number of sulfonamides is 1. The third-order valence-electron chi connectivity index (χ3n) is 4.38. The Kier molecular flexibility index (Phi) is 4.82. The van der Waals surface area contributed by atoms with E-state index in [9.17, 15) is 13.2 Å². The molecule has 3 rings (SSSR count). The molecule has 1 aliphatic carbocycles. The molecule has 128 valence electrons. The van der Waals surface area contributed by atoms with Gasteiger partial charge in [-0.1, -0.05) is 31.4 Å². The van der Waals surface area contributed by atoms with Crippen molar-refractivity contribution in [1.29, 1.82) is 0 Å². The van der Waals surface area contributed by atoms with Gasteiger partial charge in [0.15, 0.2) is 0 Å². The molecule has 7 heteroatoms. The minimum absolute atomic E-state index is 0.0120. The maximum Gasteiger partial charge on any atom is 0.264 e. The second-order valence-corrected chi connectivity index (χ2v) is 7.93. The smallest absolute Gasteiger partial charge is 0.264 e. The number of benzene rings is 1. The van der Waals surface area contributed by atoms with Crippen LogP contribution in [0.3, 0.4) is 0 Å². The van der Waals surface area contributed by atoms with E-state index in [-0.39, 0.29) is 16.5 Å². The Bertz CT molecular complexity index is 864. The Morgan fingerprint density at radius 1 is 1.12 bits per heavy atom. The van der Waals surface area contributed by atoms with Gasteiger partial charge in [-0.2, -0.15) is 5.10 Å². The maximum atomic E-state index is 12.8. The van der Waals surface area contributed by atoms with Crippen molar-refractivity contribution >= 4 is 10.0 Å². The number of rotatable bonds is 4. The molecule has 0 bridgehead atoms. The molecule has 0 radical (unpaired) electrons. The first-order valence-electron chi connectivity index (χ1n) is 8.15. The molecule has 24 heavy (non-hydrogen) atoms. The number of H-pyrrole nitrogens is 1. The summed E-state index contributed by atoms with van der Waals surface area (Å²) in [5.41, 5.74) is 1.58. The normalized spacial score (nSPS) is 16.2. The van der Waals surface area contributed by atoms with Gasteiger partial charge < -0.3 is 0 Å². The first-order valence-corrected chi connectivity index (χ1v) is 9.63. The molecular formula is C17H21N3O3S. The van der Waals surface area contributed by atoms with E-state index < -0.39 is 10.0 Å². The Morgan fingerprint density at radius 3 is 2.54 bits per heavy atom. The van der Waals surface area contributed by atoms with Crippen LogP contribution in [0.5, 0.6) is 0 Å². The number of aryl methyl sites for hydroxylation is 1. The molecule has 0 aliphatic heterocycles. The van der Waals surface area contributed by atoms with Gasteiger partial charge in [0.25, 0.3) is 5.56 Å². The van der Waals surface area contributed by atoms with Crippen molar-refractivity contribution < 1.29 is 8.42 Å². The van der Waals surface area contributed by atoms with Gasteiger partial charge in [0.2, 0.25) is 10.0 Å². The van der Waals surface area contributed by atoms with E-state index in [0.717, 1.165) is 25.7 Å². The molecule has 2 N–H and O–H groups in total. The molecule has 0 unspecified atom stereocenters. The third-order valence-corrected chi connectivity index (χ3v) is 6.04. The number of aromatic nitrogens is 2. The molecule has 0 spiro atoms. The Hall–Kier alpha value is -1.99. The summed E-state index contributed by atoms with van der Waals surface area (Å²) >= 11 is 0. The highest BCUT2D eigenvalue weighted by molar-refractivity contribution is 7.89. The summed E-state index contributed by atoms with van der Waals surface area (Å²) in [4.78, 5) is 11.4. The molecule has 1 fully saturated rings. The standard InChI is InChI=1S/C17H21N3O3S/c1-12-7-8-13(15-9-10-17(21)19-18-15)11-16(12)24(22,23)20-14-5-3-2-4-6-14/h7-11,14,20H,2-6H2,1H3,(H,19,21). The lowest BCUT2D eigenvalue weighted by Crippen LogP contribution is -2.36. The van der Waals surface area contributed by atoms with Crippen molar-refractivity contribution in [1.82, 2.24) is 14.9 Å². The average Bonchev–Trinajstić information content (AvgIpc) is 2.56. The predicted octanol–water partition coefficient (Wildman–Crippen LogP) is 2.36. The lowest BCUT2D eigenvalue weighted by atomic mass is 9.96. The van der Waals surface area contributed by atoms with Gasteiger partial charge in [-0.3, -0.25) is 4.79 Å². The lowest BCUT2D eigenvalue weighted by Gasteiger charge is -2.23. The van der Waals surface area contributed by atoms with E-state index in [1.165, 1.54) is 12.5 Å². The number of hydrogen-bond donors (Lipinski definition) is 2. The monoisotopic (exact) mass is 347 g/mol. The van der Waals surface area contributed by atoms with Gasteiger partial charge in [0.05, 0.1) is 10.6 Å². The lowest BCUT2D eigenvalue weighted by molar-refractivity contribution is 0.412. The van der Waals surface area contributed by atoms with Crippen LogP contribution in [-0.2, 0) is 10.0 Å². The maximum absolute atomic E-state index is 12.8. The van der Waals surface area contributed by atoms with Crippen molar-refractivity contribution in [2.75, 3.05) is 0 Å². The quantitative estimate of drug-likeness (QED) is 0.888. The van der Waals surface area contributed by atoms with Crippen LogP contribution in [-0.4, -0.2) is 24.7 Å².